The molecule has 0 radical (unpaired) electrons. The average Bonchev–Trinajstić information content (AvgIpc) is 2.22. The van der Waals surface area contributed by atoms with Crippen molar-refractivity contribution in [2.45, 2.75) is 13.3 Å². The lowest BCUT2D eigenvalue weighted by Crippen LogP contribution is -2.26. The lowest BCUT2D eigenvalue weighted by molar-refractivity contribution is 0.0953. The third-order valence-electron chi connectivity index (χ3n) is 2.41. The number of halogens is 1. The lowest BCUT2D eigenvalue weighted by atomic mass is 10.1. The molecular weight excluding hydrogens is 257 g/mol. The van der Waals surface area contributed by atoms with Crippen LogP contribution in [0.15, 0.2) is 18.2 Å². The summed E-state index contributed by atoms with van der Waals surface area (Å²) in [6.45, 7) is 1.93. The highest BCUT2D eigenvalue weighted by Crippen LogP contribution is 2.09. The Hall–Kier alpha value is -1.43. The molecule has 0 heterocycles. The summed E-state index contributed by atoms with van der Waals surface area (Å²) in [5.74, 6) is -0.669. The van der Waals surface area contributed by atoms with Gasteiger partial charge in [0.05, 0.1) is 5.75 Å². The predicted octanol–water partition coefficient (Wildman–Crippen LogP) is 1.30. The molecule has 0 aliphatic rings. The van der Waals surface area contributed by atoms with Crippen molar-refractivity contribution < 1.29 is 17.6 Å². The van der Waals surface area contributed by atoms with E-state index in [1.54, 1.807) is 6.92 Å². The molecule has 0 saturated heterocycles. The fourth-order valence-electron chi connectivity index (χ4n) is 1.51. The number of sulfone groups is 1. The molecule has 18 heavy (non-hydrogen) atoms. The van der Waals surface area contributed by atoms with Gasteiger partial charge in [-0.3, -0.25) is 4.79 Å². The second-order valence-electron chi connectivity index (χ2n) is 4.20. The lowest BCUT2D eigenvalue weighted by Gasteiger charge is -2.07. The SMILES string of the molecule is Cc1cc(F)ccc1C(=O)NCCCS(C)(=O)=O. The van der Waals surface area contributed by atoms with Gasteiger partial charge in [0.15, 0.2) is 0 Å². The minimum absolute atomic E-state index is 0.0374. The van der Waals surface area contributed by atoms with E-state index in [4.69, 9.17) is 0 Å². The highest BCUT2D eigenvalue weighted by Gasteiger charge is 2.09. The Morgan fingerprint density at radius 3 is 2.61 bits per heavy atom. The van der Waals surface area contributed by atoms with Gasteiger partial charge in [-0.25, -0.2) is 12.8 Å². The van der Waals surface area contributed by atoms with E-state index in [1.807, 2.05) is 0 Å². The fourth-order valence-corrected chi connectivity index (χ4v) is 2.18. The van der Waals surface area contributed by atoms with Gasteiger partial charge in [-0.2, -0.15) is 0 Å². The summed E-state index contributed by atoms with van der Waals surface area (Å²) in [6, 6.07) is 3.92. The molecule has 0 saturated carbocycles. The minimum Gasteiger partial charge on any atom is -0.352 e. The average molecular weight is 273 g/mol. The van der Waals surface area contributed by atoms with Crippen LogP contribution >= 0.6 is 0 Å². The number of rotatable bonds is 5. The molecule has 0 fully saturated rings. The molecule has 0 spiro atoms. The predicted molar refractivity (Wildman–Crippen MR) is 67.8 cm³/mol. The van der Waals surface area contributed by atoms with Crippen LogP contribution in [0.3, 0.4) is 0 Å². The van der Waals surface area contributed by atoms with Crippen molar-refractivity contribution in [3.63, 3.8) is 0 Å². The highest BCUT2D eigenvalue weighted by molar-refractivity contribution is 7.90. The first kappa shape index (κ1) is 14.6. The molecule has 1 aromatic rings. The van der Waals surface area contributed by atoms with E-state index in [9.17, 15) is 17.6 Å². The minimum atomic E-state index is -3.00. The summed E-state index contributed by atoms with van der Waals surface area (Å²) in [6.07, 6.45) is 1.52. The quantitative estimate of drug-likeness (QED) is 0.822. The van der Waals surface area contributed by atoms with Gasteiger partial charge < -0.3 is 5.32 Å². The van der Waals surface area contributed by atoms with E-state index in [2.05, 4.69) is 5.32 Å². The summed E-state index contributed by atoms with van der Waals surface area (Å²) in [4.78, 5) is 11.7. The molecule has 4 nitrogen and oxygen atoms in total. The standard InChI is InChI=1S/C12H16FNO3S/c1-9-8-10(13)4-5-11(9)12(15)14-6-3-7-18(2,16)17/h4-5,8H,3,6-7H2,1-2H3,(H,14,15). The van der Waals surface area contributed by atoms with Gasteiger partial charge in [-0.15, -0.1) is 0 Å². The Balaban J connectivity index is 2.51. The molecule has 0 bridgehead atoms. The molecule has 0 atom stereocenters. The summed E-state index contributed by atoms with van der Waals surface area (Å²) < 4.78 is 34.6. The van der Waals surface area contributed by atoms with E-state index < -0.39 is 9.84 Å². The molecule has 100 valence electrons. The number of benzene rings is 1. The van der Waals surface area contributed by atoms with Crippen LogP contribution in [0.4, 0.5) is 4.39 Å². The summed E-state index contributed by atoms with van der Waals surface area (Å²) >= 11 is 0. The molecular formula is C12H16FNO3S. The van der Waals surface area contributed by atoms with Gasteiger partial charge in [-0.1, -0.05) is 0 Å². The second-order valence-corrected chi connectivity index (χ2v) is 6.46. The van der Waals surface area contributed by atoms with E-state index >= 15 is 0 Å². The molecule has 1 amide bonds. The van der Waals surface area contributed by atoms with Crippen molar-refractivity contribution in [2.75, 3.05) is 18.6 Å². The van der Waals surface area contributed by atoms with Crippen LogP contribution in [0.1, 0.15) is 22.3 Å². The Morgan fingerprint density at radius 2 is 2.06 bits per heavy atom. The van der Waals surface area contributed by atoms with E-state index in [0.717, 1.165) is 6.26 Å². The number of nitrogens with one attached hydrogen (secondary N) is 1. The second kappa shape index (κ2) is 5.95. The van der Waals surface area contributed by atoms with E-state index in [1.165, 1.54) is 18.2 Å². The van der Waals surface area contributed by atoms with Crippen molar-refractivity contribution >= 4 is 15.7 Å². The van der Waals surface area contributed by atoms with Crippen LogP contribution in [-0.4, -0.2) is 32.9 Å². The Kier molecular flexibility index (Phi) is 4.84. The van der Waals surface area contributed by atoms with Crippen molar-refractivity contribution in [3.05, 3.63) is 35.1 Å². The Labute approximate surface area is 106 Å². The van der Waals surface area contributed by atoms with Gasteiger partial charge in [0.25, 0.3) is 5.91 Å². The van der Waals surface area contributed by atoms with Crippen molar-refractivity contribution in [1.29, 1.82) is 0 Å². The maximum atomic E-state index is 12.9. The van der Waals surface area contributed by atoms with Crippen molar-refractivity contribution in [3.8, 4) is 0 Å². The Bertz CT molecular complexity index is 540. The molecule has 0 aliphatic heterocycles. The largest absolute Gasteiger partial charge is 0.352 e. The number of hydrogen-bond acceptors (Lipinski definition) is 3. The monoisotopic (exact) mass is 273 g/mol. The zero-order chi connectivity index (χ0) is 13.8. The van der Waals surface area contributed by atoms with Gasteiger partial charge in [0.1, 0.15) is 15.7 Å². The maximum absolute atomic E-state index is 12.9. The van der Waals surface area contributed by atoms with Gasteiger partial charge in [0.2, 0.25) is 0 Å². The third kappa shape index (κ3) is 4.83. The number of aryl methyl sites for hydroxylation is 1. The van der Waals surface area contributed by atoms with E-state index in [0.29, 0.717) is 17.5 Å². The molecule has 6 heteroatoms. The number of amides is 1. The first-order valence-electron chi connectivity index (χ1n) is 5.51. The van der Waals surface area contributed by atoms with E-state index in [-0.39, 0.29) is 24.0 Å². The van der Waals surface area contributed by atoms with Gasteiger partial charge in [0, 0.05) is 18.4 Å². The van der Waals surface area contributed by atoms with Crippen molar-refractivity contribution in [1.82, 2.24) is 5.32 Å². The number of hydrogen-bond donors (Lipinski definition) is 1. The Morgan fingerprint density at radius 1 is 1.39 bits per heavy atom. The fraction of sp³-hybridized carbons (Fsp3) is 0.417. The third-order valence-corrected chi connectivity index (χ3v) is 3.44. The zero-order valence-corrected chi connectivity index (χ0v) is 11.2. The maximum Gasteiger partial charge on any atom is 0.251 e. The van der Waals surface area contributed by atoms with Gasteiger partial charge in [-0.05, 0) is 37.1 Å². The molecule has 1 rings (SSSR count). The van der Waals surface area contributed by atoms with Crippen LogP contribution in [0.5, 0.6) is 0 Å². The number of carbonyl (C=O) groups excluding carboxylic acids is 1. The topological polar surface area (TPSA) is 63.2 Å². The summed E-state index contributed by atoms with van der Waals surface area (Å²) in [5, 5.41) is 2.61. The smallest absolute Gasteiger partial charge is 0.251 e. The zero-order valence-electron chi connectivity index (χ0n) is 10.4. The highest BCUT2D eigenvalue weighted by atomic mass is 32.2. The van der Waals surface area contributed by atoms with Crippen LogP contribution < -0.4 is 5.32 Å². The normalized spacial score (nSPS) is 11.3. The summed E-state index contributed by atoms with van der Waals surface area (Å²) in [7, 11) is -3.00. The van der Waals surface area contributed by atoms with Gasteiger partial charge >= 0.3 is 0 Å². The molecule has 1 aromatic carbocycles. The van der Waals surface area contributed by atoms with Crippen molar-refractivity contribution in [2.24, 2.45) is 0 Å². The first-order valence-corrected chi connectivity index (χ1v) is 7.58. The van der Waals surface area contributed by atoms with Crippen LogP contribution in [0, 0.1) is 12.7 Å². The van der Waals surface area contributed by atoms with Crippen LogP contribution in [-0.2, 0) is 9.84 Å². The molecule has 0 unspecified atom stereocenters. The number of carbonyl (C=O) groups is 1. The van der Waals surface area contributed by atoms with Crippen LogP contribution in [0.25, 0.3) is 0 Å². The molecule has 0 aromatic heterocycles. The molecule has 1 N–H and O–H groups in total. The summed E-state index contributed by atoms with van der Waals surface area (Å²) in [5.41, 5.74) is 0.950. The molecule has 0 aliphatic carbocycles. The first-order chi connectivity index (χ1) is 8.29. The van der Waals surface area contributed by atoms with Crippen LogP contribution in [0.2, 0.25) is 0 Å².